The number of aromatic nitrogens is 1. The van der Waals surface area contributed by atoms with Gasteiger partial charge in [0.05, 0.1) is 11.8 Å². The van der Waals surface area contributed by atoms with Crippen LogP contribution < -0.4 is 0 Å². The van der Waals surface area contributed by atoms with Gasteiger partial charge in [-0.05, 0) is 32.4 Å². The zero-order valence-corrected chi connectivity index (χ0v) is 13.8. The number of ketones is 1. The molecule has 3 nitrogen and oxygen atoms in total. The molecule has 0 fully saturated rings. The summed E-state index contributed by atoms with van der Waals surface area (Å²) in [5, 5.41) is 11.7. The van der Waals surface area contributed by atoms with Crippen molar-refractivity contribution in [3.05, 3.63) is 45.4 Å². The molecule has 0 spiro atoms. The number of Topliss-reactive ketones (excluding diaryl/α,β-unsaturated/α-hetero) is 1. The van der Waals surface area contributed by atoms with Crippen molar-refractivity contribution in [1.82, 2.24) is 4.98 Å². The summed E-state index contributed by atoms with van der Waals surface area (Å²) in [5.41, 5.74) is 3.17. The molecule has 2 rings (SSSR count). The van der Waals surface area contributed by atoms with Crippen molar-refractivity contribution in [3.63, 3.8) is 0 Å². The van der Waals surface area contributed by atoms with Crippen LogP contribution in [0.25, 0.3) is 0 Å². The van der Waals surface area contributed by atoms with Crippen LogP contribution in [-0.4, -0.2) is 16.5 Å². The minimum Gasteiger partial charge on any atom is -0.297 e. The van der Waals surface area contributed by atoms with E-state index in [2.05, 4.69) is 23.2 Å². The van der Waals surface area contributed by atoms with Gasteiger partial charge in [-0.15, -0.1) is 23.1 Å². The standard InChI is InChI=1S/C16H16N2OS2/c1-10-4-5-11(2)15(6-10)20-9-14(19)13(7-17)16-18-12(3)8-21-16/h4-6,8,13H,9H2,1-3H3. The Labute approximate surface area is 133 Å². The topological polar surface area (TPSA) is 53.8 Å². The van der Waals surface area contributed by atoms with Crippen molar-refractivity contribution in [2.75, 3.05) is 5.75 Å². The fraction of sp³-hybridized carbons (Fsp3) is 0.312. The number of aryl methyl sites for hydroxylation is 3. The molecular formula is C16H16N2OS2. The van der Waals surface area contributed by atoms with Gasteiger partial charge in [0.15, 0.2) is 11.7 Å². The van der Waals surface area contributed by atoms with Gasteiger partial charge in [0.1, 0.15) is 5.01 Å². The predicted octanol–water partition coefficient (Wildman–Crippen LogP) is 4.04. The zero-order chi connectivity index (χ0) is 15.4. The van der Waals surface area contributed by atoms with E-state index in [9.17, 15) is 10.1 Å². The van der Waals surface area contributed by atoms with Gasteiger partial charge in [-0.2, -0.15) is 5.26 Å². The van der Waals surface area contributed by atoms with E-state index in [-0.39, 0.29) is 5.78 Å². The second-order valence-corrected chi connectivity index (χ2v) is 6.82. The molecule has 0 bridgehead atoms. The number of hydrogen-bond donors (Lipinski definition) is 0. The minimum absolute atomic E-state index is 0.0854. The van der Waals surface area contributed by atoms with Crippen LogP contribution in [-0.2, 0) is 4.79 Å². The number of thiazole rings is 1. The highest BCUT2D eigenvalue weighted by Crippen LogP contribution is 2.27. The lowest BCUT2D eigenvalue weighted by molar-refractivity contribution is -0.116. The fourth-order valence-electron chi connectivity index (χ4n) is 1.86. The first-order chi connectivity index (χ1) is 10.0. The number of thioether (sulfide) groups is 1. The van der Waals surface area contributed by atoms with Gasteiger partial charge in [-0.1, -0.05) is 17.7 Å². The van der Waals surface area contributed by atoms with E-state index in [1.807, 2.05) is 32.2 Å². The highest BCUT2D eigenvalue weighted by atomic mass is 32.2. The molecule has 0 aliphatic carbocycles. The summed E-state index contributed by atoms with van der Waals surface area (Å²) in [6, 6.07) is 8.25. The smallest absolute Gasteiger partial charge is 0.167 e. The summed E-state index contributed by atoms with van der Waals surface area (Å²) in [6.07, 6.45) is 0. The van der Waals surface area contributed by atoms with Gasteiger partial charge >= 0.3 is 0 Å². The molecule has 0 radical (unpaired) electrons. The molecule has 0 aliphatic heterocycles. The van der Waals surface area contributed by atoms with Gasteiger partial charge in [0.25, 0.3) is 0 Å². The molecule has 0 N–H and O–H groups in total. The molecule has 1 aromatic heterocycles. The van der Waals surface area contributed by atoms with E-state index in [4.69, 9.17) is 0 Å². The third-order valence-electron chi connectivity index (χ3n) is 3.05. The van der Waals surface area contributed by atoms with Gasteiger partial charge < -0.3 is 0 Å². The number of nitrogens with zero attached hydrogens (tertiary/aromatic N) is 2. The first-order valence-electron chi connectivity index (χ1n) is 6.55. The Hall–Kier alpha value is -1.64. The second kappa shape index (κ2) is 6.88. The average molecular weight is 316 g/mol. The normalized spacial score (nSPS) is 11.9. The van der Waals surface area contributed by atoms with Crippen LogP contribution in [0.2, 0.25) is 0 Å². The lowest BCUT2D eigenvalue weighted by atomic mass is 10.1. The molecule has 1 heterocycles. The van der Waals surface area contributed by atoms with Crippen LogP contribution >= 0.6 is 23.1 Å². The van der Waals surface area contributed by atoms with Gasteiger partial charge in [-0.25, -0.2) is 4.98 Å². The predicted molar refractivity (Wildman–Crippen MR) is 86.9 cm³/mol. The first kappa shape index (κ1) is 15.7. The molecule has 21 heavy (non-hydrogen) atoms. The number of carbonyl (C=O) groups excluding carboxylic acids is 1. The Balaban J connectivity index is 2.07. The largest absolute Gasteiger partial charge is 0.297 e. The Morgan fingerprint density at radius 2 is 2.19 bits per heavy atom. The zero-order valence-electron chi connectivity index (χ0n) is 12.2. The highest BCUT2D eigenvalue weighted by molar-refractivity contribution is 8.00. The van der Waals surface area contributed by atoms with E-state index in [1.54, 1.807) is 0 Å². The lowest BCUT2D eigenvalue weighted by Gasteiger charge is -2.08. The molecule has 1 atom stereocenters. The van der Waals surface area contributed by atoms with Crippen LogP contribution in [0.15, 0.2) is 28.5 Å². The van der Waals surface area contributed by atoms with Crippen molar-refractivity contribution in [2.24, 2.45) is 0 Å². The molecule has 1 aromatic carbocycles. The van der Waals surface area contributed by atoms with Crippen molar-refractivity contribution in [3.8, 4) is 6.07 Å². The average Bonchev–Trinajstić information content (AvgIpc) is 2.87. The van der Waals surface area contributed by atoms with Crippen molar-refractivity contribution < 1.29 is 4.79 Å². The number of rotatable bonds is 5. The number of nitriles is 1. The van der Waals surface area contributed by atoms with Crippen LogP contribution in [0.3, 0.4) is 0 Å². The van der Waals surface area contributed by atoms with Crippen molar-refractivity contribution >= 4 is 28.9 Å². The summed E-state index contributed by atoms with van der Waals surface area (Å²) in [7, 11) is 0. The molecule has 0 saturated heterocycles. The van der Waals surface area contributed by atoms with Crippen LogP contribution in [0.1, 0.15) is 27.7 Å². The fourth-order valence-corrected chi connectivity index (χ4v) is 3.76. The first-order valence-corrected chi connectivity index (χ1v) is 8.42. The molecule has 1 unspecified atom stereocenters. The second-order valence-electron chi connectivity index (χ2n) is 4.91. The molecular weight excluding hydrogens is 300 g/mol. The maximum Gasteiger partial charge on any atom is 0.167 e. The number of carbonyl (C=O) groups is 1. The van der Waals surface area contributed by atoms with E-state index in [0.29, 0.717) is 10.8 Å². The summed E-state index contributed by atoms with van der Waals surface area (Å²) >= 11 is 2.86. The van der Waals surface area contributed by atoms with Crippen LogP contribution in [0.4, 0.5) is 0 Å². The van der Waals surface area contributed by atoms with Crippen molar-refractivity contribution in [2.45, 2.75) is 31.6 Å². The van der Waals surface area contributed by atoms with Gasteiger partial charge in [0.2, 0.25) is 0 Å². The van der Waals surface area contributed by atoms with Crippen LogP contribution in [0.5, 0.6) is 0 Å². The maximum atomic E-state index is 12.3. The molecule has 2 aromatic rings. The number of benzene rings is 1. The maximum absolute atomic E-state index is 12.3. The summed E-state index contributed by atoms with van der Waals surface area (Å²) < 4.78 is 0. The molecule has 5 heteroatoms. The van der Waals surface area contributed by atoms with E-state index < -0.39 is 5.92 Å². The summed E-state index contributed by atoms with van der Waals surface area (Å²) in [5.74, 6) is -0.541. The number of hydrogen-bond acceptors (Lipinski definition) is 5. The molecule has 108 valence electrons. The van der Waals surface area contributed by atoms with E-state index in [1.165, 1.54) is 28.7 Å². The third kappa shape index (κ3) is 3.93. The monoisotopic (exact) mass is 316 g/mol. The Morgan fingerprint density at radius 3 is 2.81 bits per heavy atom. The highest BCUT2D eigenvalue weighted by Gasteiger charge is 2.23. The third-order valence-corrected chi connectivity index (χ3v) is 5.26. The summed E-state index contributed by atoms with van der Waals surface area (Å²) in [4.78, 5) is 17.6. The molecule has 0 amide bonds. The SMILES string of the molecule is Cc1ccc(C)c(SCC(=O)C(C#N)c2nc(C)cs2)c1. The quantitative estimate of drug-likeness (QED) is 0.781. The molecule has 0 saturated carbocycles. The molecule has 0 aliphatic rings. The Morgan fingerprint density at radius 1 is 1.43 bits per heavy atom. The van der Waals surface area contributed by atoms with E-state index in [0.717, 1.165) is 16.2 Å². The van der Waals surface area contributed by atoms with Crippen LogP contribution in [0, 0.1) is 32.1 Å². The minimum atomic E-state index is -0.749. The Bertz CT molecular complexity index is 701. The lowest BCUT2D eigenvalue weighted by Crippen LogP contribution is -2.13. The Kier molecular flexibility index (Phi) is 5.16. The van der Waals surface area contributed by atoms with Gasteiger partial charge in [-0.3, -0.25) is 4.79 Å². The van der Waals surface area contributed by atoms with Crippen molar-refractivity contribution in [1.29, 1.82) is 5.26 Å². The summed E-state index contributed by atoms with van der Waals surface area (Å²) in [6.45, 7) is 5.92. The van der Waals surface area contributed by atoms with Gasteiger partial charge in [0, 0.05) is 16.0 Å². The van der Waals surface area contributed by atoms with E-state index >= 15 is 0 Å².